The standard InChI is InChI=1S/2C12H13.2CH3.2ClH.Hf.H2Si/c2*1-9(2)12-7-10-5-3-4-6-11(10)8-12;;;;;;/h2*3-9H,1-2H3;2*1H3;2*1H;;1H2. The average Bonchev–Trinajstić information content (AvgIpc) is 3.21. The van der Waals surface area contributed by atoms with Crippen molar-refractivity contribution in [1.29, 1.82) is 0 Å². The fraction of sp³-hybridized carbons (Fsp3) is 0.385. The summed E-state index contributed by atoms with van der Waals surface area (Å²) in [7, 11) is 0. The van der Waals surface area contributed by atoms with Gasteiger partial charge in [0, 0.05) is 0 Å². The number of benzene rings is 2. The summed E-state index contributed by atoms with van der Waals surface area (Å²) in [5.41, 5.74) is 9.52. The van der Waals surface area contributed by atoms with E-state index in [9.17, 15) is 0 Å². The van der Waals surface area contributed by atoms with Gasteiger partial charge in [0.25, 0.3) is 0 Å². The number of allylic oxidation sites excluding steroid dienone is 2. The van der Waals surface area contributed by atoms with E-state index in [2.05, 4.69) is 105 Å². The fourth-order valence-corrected chi connectivity index (χ4v) is 34.7. The molecule has 0 aromatic heterocycles. The maximum Gasteiger partial charge on any atom is -0.147 e. The van der Waals surface area contributed by atoms with Gasteiger partial charge in [0.05, 0.1) is 0 Å². The normalized spacial score (nSPS) is 20.2. The summed E-state index contributed by atoms with van der Waals surface area (Å²) in [5, 5.41) is 0. The minimum Gasteiger partial charge on any atom is -0.147 e. The van der Waals surface area contributed by atoms with E-state index in [1.165, 1.54) is 11.1 Å². The van der Waals surface area contributed by atoms with Gasteiger partial charge < -0.3 is 0 Å². The molecule has 2 aromatic carbocycles. The van der Waals surface area contributed by atoms with Gasteiger partial charge in [-0.3, -0.25) is 0 Å². The molecule has 2 unspecified atom stereocenters. The SMILES string of the molecule is CC(C)C1=Cc2ccccc2[CH]1[Hf]([CH3])([CH3])(=[SiH2])[CH]1C(C(C)C)=Cc2ccccc21.Cl.Cl. The first-order chi connectivity index (χ1) is 13.1. The first-order valence-electron chi connectivity index (χ1n) is 10.8. The third-order valence-electron chi connectivity index (χ3n) is 7.15. The molecule has 0 nitrogen and oxygen atoms in total. The first-order valence-corrected chi connectivity index (χ1v) is 30.4. The molecule has 0 saturated heterocycles. The van der Waals surface area contributed by atoms with E-state index in [4.69, 9.17) is 0 Å². The molecule has 0 saturated carbocycles. The predicted molar refractivity (Wildman–Crippen MR) is 139 cm³/mol. The molecule has 162 valence electrons. The first kappa shape index (κ1) is 25.8. The maximum absolute atomic E-state index is 3.47. The molecule has 0 heterocycles. The van der Waals surface area contributed by atoms with Crippen LogP contribution in [0.4, 0.5) is 0 Å². The smallest absolute Gasteiger partial charge is 0.147 e. The minimum atomic E-state index is -3.47. The molecule has 4 rings (SSSR count). The zero-order chi connectivity index (χ0) is 20.3. The second kappa shape index (κ2) is 8.85. The average molecular weight is 626 g/mol. The molecule has 0 spiro atoms. The van der Waals surface area contributed by atoms with Crippen molar-refractivity contribution in [1.82, 2.24) is 0 Å². The molecule has 2 aliphatic rings. The summed E-state index contributed by atoms with van der Waals surface area (Å²) in [6, 6.07) is 18.4. The van der Waals surface area contributed by atoms with Gasteiger partial charge in [-0.1, -0.05) is 0 Å². The Kier molecular flexibility index (Phi) is 7.62. The number of hydrogen-bond donors (Lipinski definition) is 0. The predicted octanol–water partition coefficient (Wildman–Crippen LogP) is 7.75. The van der Waals surface area contributed by atoms with Crippen molar-refractivity contribution in [2.75, 3.05) is 0 Å². The molecule has 0 N–H and O–H groups in total. The van der Waals surface area contributed by atoms with Crippen LogP contribution in [0, 0.1) is 11.8 Å². The quantitative estimate of drug-likeness (QED) is 0.305. The van der Waals surface area contributed by atoms with Crippen molar-refractivity contribution in [3.63, 3.8) is 0 Å². The van der Waals surface area contributed by atoms with Crippen molar-refractivity contribution in [2.24, 2.45) is 11.8 Å². The Morgan fingerprint density at radius 2 is 1.00 bits per heavy atom. The van der Waals surface area contributed by atoms with Gasteiger partial charge in [-0.25, -0.2) is 0 Å². The van der Waals surface area contributed by atoms with Crippen LogP contribution in [0.2, 0.25) is 9.36 Å². The maximum atomic E-state index is 2.75. The summed E-state index contributed by atoms with van der Waals surface area (Å²) in [6.07, 6.45) is 5.06. The van der Waals surface area contributed by atoms with Gasteiger partial charge in [-0.15, -0.1) is 24.8 Å². The van der Waals surface area contributed by atoms with Crippen LogP contribution in [0.3, 0.4) is 0 Å². The van der Waals surface area contributed by atoms with Crippen molar-refractivity contribution in [3.8, 4) is 0 Å². The molecule has 0 amide bonds. The molecule has 4 heteroatoms. The Labute approximate surface area is 197 Å². The van der Waals surface area contributed by atoms with Crippen LogP contribution in [0.25, 0.3) is 12.2 Å². The van der Waals surface area contributed by atoms with Crippen molar-refractivity contribution < 1.29 is 17.1 Å². The van der Waals surface area contributed by atoms with E-state index in [0.29, 0.717) is 19.2 Å². The monoisotopic (exact) mass is 626 g/mol. The second-order valence-corrected chi connectivity index (χ2v) is 54.2. The molecule has 30 heavy (non-hydrogen) atoms. The van der Waals surface area contributed by atoms with Gasteiger partial charge in [-0.05, 0) is 0 Å². The number of fused-ring (bicyclic) bond motifs is 2. The number of rotatable bonds is 4. The van der Waals surface area contributed by atoms with E-state index in [1.54, 1.807) is 22.3 Å². The van der Waals surface area contributed by atoms with Gasteiger partial charge in [0.1, 0.15) is 0 Å². The summed E-state index contributed by atoms with van der Waals surface area (Å²) in [4.78, 5) is 0. The molecule has 0 fully saturated rings. The Hall–Kier alpha value is -0.413. The van der Waals surface area contributed by atoms with E-state index in [0.717, 1.165) is 0 Å². The van der Waals surface area contributed by atoms with Crippen LogP contribution in [0.1, 0.15) is 57.3 Å². The van der Waals surface area contributed by atoms with Crippen molar-refractivity contribution in [3.05, 3.63) is 81.9 Å². The zero-order valence-electron chi connectivity index (χ0n) is 19.1. The fourth-order valence-electron chi connectivity index (χ4n) is 5.98. The third kappa shape index (κ3) is 4.03. The minimum absolute atomic E-state index is 0. The van der Waals surface area contributed by atoms with Gasteiger partial charge in [-0.2, -0.15) is 0 Å². The van der Waals surface area contributed by atoms with Gasteiger partial charge in [0.15, 0.2) is 0 Å². The van der Waals surface area contributed by atoms with Crippen molar-refractivity contribution in [2.45, 2.75) is 44.4 Å². The molecule has 0 radical (unpaired) electrons. The van der Waals surface area contributed by atoms with E-state index < -0.39 is 17.1 Å². The van der Waals surface area contributed by atoms with Crippen LogP contribution >= 0.6 is 24.8 Å². The van der Waals surface area contributed by atoms with Crippen molar-refractivity contribution >= 4 is 43.9 Å². The number of hydrogen-bond acceptors (Lipinski definition) is 0. The Morgan fingerprint density at radius 3 is 1.33 bits per heavy atom. The summed E-state index contributed by atoms with van der Waals surface area (Å²) in [5.74, 6) is 1.20. The van der Waals surface area contributed by atoms with Crippen LogP contribution in [0.5, 0.6) is 0 Å². The molecule has 0 bridgehead atoms. The molecule has 2 aliphatic carbocycles. The number of halogens is 2. The van der Waals surface area contributed by atoms with E-state index in [-0.39, 0.29) is 24.8 Å². The zero-order valence-corrected chi connectivity index (χ0v) is 25.7. The largest absolute Gasteiger partial charge is 0.147 e. The second-order valence-electron chi connectivity index (χ2n) is 10.7. The topological polar surface area (TPSA) is 0 Å². The van der Waals surface area contributed by atoms with Gasteiger partial charge >= 0.3 is 174 Å². The van der Waals surface area contributed by atoms with E-state index in [1.807, 2.05) is 0 Å². The molecular weight excluding hydrogens is 590 g/mol. The van der Waals surface area contributed by atoms with Crippen LogP contribution < -0.4 is 0 Å². The van der Waals surface area contributed by atoms with Crippen LogP contribution in [-0.2, 0) is 17.1 Å². The third-order valence-corrected chi connectivity index (χ3v) is 32.1. The van der Waals surface area contributed by atoms with Gasteiger partial charge in [0.2, 0.25) is 0 Å². The Morgan fingerprint density at radius 1 is 0.667 bits per heavy atom. The molecule has 0 aliphatic heterocycles. The molecule has 2 atom stereocenters. The van der Waals surface area contributed by atoms with E-state index >= 15 is 0 Å². The summed E-state index contributed by atoms with van der Waals surface area (Å²) >= 11 is -3.47. The van der Waals surface area contributed by atoms with Crippen LogP contribution in [-0.4, -0.2) is 6.94 Å². The Bertz CT molecular complexity index is 992. The van der Waals surface area contributed by atoms with Crippen LogP contribution in [0.15, 0.2) is 59.7 Å². The molecule has 2 aromatic rings. The molecular formula is C26H36Cl2HfSi. The summed E-state index contributed by atoms with van der Waals surface area (Å²) < 4.78 is 6.79. The Balaban J connectivity index is 0.00000160. The summed E-state index contributed by atoms with van der Waals surface area (Å²) in [6.45, 7) is 12.0.